The molecule has 1 aliphatic heterocycles. The largest absolute Gasteiger partial charge is 0.353 e. The molecular weight excluding hydrogens is 338 g/mol. The number of aryl methyl sites for hydroxylation is 1. The number of hydrogen-bond donors (Lipinski definition) is 2. The fourth-order valence-corrected chi connectivity index (χ4v) is 5.06. The zero-order valence-corrected chi connectivity index (χ0v) is 15.0. The lowest BCUT2D eigenvalue weighted by Gasteiger charge is -2.15. The lowest BCUT2D eigenvalue weighted by Crippen LogP contribution is -2.05. The number of benzene rings is 2. The van der Waals surface area contributed by atoms with Gasteiger partial charge in [-0.3, -0.25) is 0 Å². The Bertz CT molecular complexity index is 944. The van der Waals surface area contributed by atoms with Gasteiger partial charge in [0.05, 0.1) is 11.2 Å². The van der Waals surface area contributed by atoms with E-state index in [4.69, 9.17) is 11.6 Å². The van der Waals surface area contributed by atoms with Crippen molar-refractivity contribution in [3.05, 3.63) is 70.4 Å². The Morgan fingerprint density at radius 1 is 1.12 bits per heavy atom. The second-order valence-corrected chi connectivity index (χ2v) is 8.14. The van der Waals surface area contributed by atoms with E-state index in [1.54, 1.807) is 0 Å². The summed E-state index contributed by atoms with van der Waals surface area (Å²) in [5.41, 5.74) is 6.83. The van der Waals surface area contributed by atoms with Gasteiger partial charge in [0, 0.05) is 21.7 Å². The summed E-state index contributed by atoms with van der Waals surface area (Å²) in [6, 6.07) is 16.5. The average Bonchev–Trinajstić information content (AvgIpc) is 3.19. The molecule has 0 radical (unpaired) electrons. The van der Waals surface area contributed by atoms with Crippen LogP contribution in [0, 0.1) is 0 Å². The van der Waals surface area contributed by atoms with E-state index in [1.807, 2.05) is 29.8 Å². The molecule has 1 aromatic heterocycles. The first-order chi connectivity index (χ1) is 11.8. The highest BCUT2D eigenvalue weighted by molar-refractivity contribution is 8.40. The molecule has 0 amide bonds. The quantitative estimate of drug-likeness (QED) is 0.597. The third-order valence-corrected chi connectivity index (χ3v) is 6.44. The first-order valence-electron chi connectivity index (χ1n) is 7.98. The standard InChI is InChI=1S/C19H18ClN3S/c1-2-15-16-10-14(20)8-9-17(16)22-18(15)19-23-21-12-24(19)11-13-6-4-3-5-7-13/h3-10,12,22,24H,2,11H2,1H3. The van der Waals surface area contributed by atoms with Crippen molar-refractivity contribution in [2.45, 2.75) is 19.1 Å². The molecule has 0 saturated heterocycles. The van der Waals surface area contributed by atoms with Crippen LogP contribution in [0.5, 0.6) is 0 Å². The Balaban J connectivity index is 1.74. The van der Waals surface area contributed by atoms with Crippen LogP contribution in [0.1, 0.15) is 23.7 Å². The number of hydrogen-bond acceptors (Lipinski definition) is 2. The molecule has 0 fully saturated rings. The summed E-state index contributed by atoms with van der Waals surface area (Å²) in [4.78, 5) is 3.55. The fraction of sp³-hybridized carbons (Fsp3) is 0.158. The van der Waals surface area contributed by atoms with Crippen molar-refractivity contribution in [3.63, 3.8) is 0 Å². The summed E-state index contributed by atoms with van der Waals surface area (Å²) in [7, 11) is -0.533. The number of rotatable bonds is 4. The van der Waals surface area contributed by atoms with Crippen molar-refractivity contribution in [3.8, 4) is 0 Å². The molecule has 0 spiro atoms. The molecule has 0 saturated carbocycles. The number of H-pyrrole nitrogens is 1. The van der Waals surface area contributed by atoms with E-state index in [-0.39, 0.29) is 0 Å². The summed E-state index contributed by atoms with van der Waals surface area (Å²) in [6.07, 6.45) is 0.934. The minimum absolute atomic E-state index is 0.533. The number of nitrogens with zero attached hydrogens (tertiary/aromatic N) is 2. The van der Waals surface area contributed by atoms with Crippen LogP contribution >= 0.6 is 22.5 Å². The summed E-state index contributed by atoms with van der Waals surface area (Å²) in [5.74, 6) is 0.970. The maximum atomic E-state index is 6.19. The van der Waals surface area contributed by atoms with Crippen LogP contribution in [0.2, 0.25) is 5.02 Å². The Kier molecular flexibility index (Phi) is 4.17. The van der Waals surface area contributed by atoms with Crippen LogP contribution in [0.3, 0.4) is 0 Å². The van der Waals surface area contributed by atoms with Crippen molar-refractivity contribution < 1.29 is 0 Å². The highest BCUT2D eigenvalue weighted by Crippen LogP contribution is 2.39. The fourth-order valence-electron chi connectivity index (χ4n) is 3.12. The molecule has 0 aliphatic carbocycles. The molecule has 1 N–H and O–H groups in total. The zero-order chi connectivity index (χ0) is 16.5. The second kappa shape index (κ2) is 6.46. The van der Waals surface area contributed by atoms with E-state index >= 15 is 0 Å². The highest BCUT2D eigenvalue weighted by Gasteiger charge is 2.22. The second-order valence-electron chi connectivity index (χ2n) is 5.79. The van der Waals surface area contributed by atoms with Gasteiger partial charge in [0.1, 0.15) is 5.04 Å². The number of halogens is 1. The van der Waals surface area contributed by atoms with Crippen molar-refractivity contribution in [2.24, 2.45) is 10.2 Å². The predicted molar refractivity (Wildman–Crippen MR) is 107 cm³/mol. The van der Waals surface area contributed by atoms with Gasteiger partial charge in [-0.1, -0.05) is 48.9 Å². The van der Waals surface area contributed by atoms with Gasteiger partial charge < -0.3 is 4.98 Å². The third kappa shape index (κ3) is 2.76. The van der Waals surface area contributed by atoms with Gasteiger partial charge in [0.2, 0.25) is 0 Å². The molecule has 3 aromatic rings. The van der Waals surface area contributed by atoms with Gasteiger partial charge in [-0.15, -0.1) is 5.10 Å². The Hall–Kier alpha value is -2.04. The van der Waals surface area contributed by atoms with E-state index in [0.29, 0.717) is 0 Å². The summed E-state index contributed by atoms with van der Waals surface area (Å²) in [5, 5.41) is 11.7. The van der Waals surface area contributed by atoms with Gasteiger partial charge >= 0.3 is 0 Å². The lowest BCUT2D eigenvalue weighted by atomic mass is 10.1. The van der Waals surface area contributed by atoms with E-state index in [0.717, 1.165) is 33.5 Å². The molecule has 2 aromatic carbocycles. The number of fused-ring (bicyclic) bond motifs is 1. The molecule has 1 unspecified atom stereocenters. The normalized spacial score (nSPS) is 18.2. The van der Waals surface area contributed by atoms with Crippen LogP contribution in [-0.4, -0.2) is 15.6 Å². The first kappa shape index (κ1) is 15.5. The van der Waals surface area contributed by atoms with Crippen LogP contribution in [0.15, 0.2) is 58.7 Å². The number of nitrogens with one attached hydrogen (secondary N) is 1. The van der Waals surface area contributed by atoms with Crippen LogP contribution in [0.4, 0.5) is 0 Å². The Morgan fingerprint density at radius 2 is 1.96 bits per heavy atom. The van der Waals surface area contributed by atoms with E-state index < -0.39 is 10.9 Å². The Labute approximate surface area is 148 Å². The molecule has 5 heteroatoms. The monoisotopic (exact) mass is 355 g/mol. The van der Waals surface area contributed by atoms with E-state index in [2.05, 4.69) is 46.4 Å². The summed E-state index contributed by atoms with van der Waals surface area (Å²) < 4.78 is 0. The van der Waals surface area contributed by atoms with Crippen molar-refractivity contribution in [1.29, 1.82) is 0 Å². The van der Waals surface area contributed by atoms with E-state index in [1.165, 1.54) is 16.5 Å². The molecule has 1 aliphatic rings. The van der Waals surface area contributed by atoms with Gasteiger partial charge in [-0.25, -0.2) is 0 Å². The van der Waals surface area contributed by atoms with Crippen LogP contribution in [0.25, 0.3) is 10.9 Å². The molecule has 122 valence electrons. The lowest BCUT2D eigenvalue weighted by molar-refractivity contribution is 1.14. The minimum Gasteiger partial charge on any atom is -0.353 e. The molecule has 3 nitrogen and oxygen atoms in total. The average molecular weight is 356 g/mol. The summed E-state index contributed by atoms with van der Waals surface area (Å²) in [6.45, 7) is 2.17. The molecule has 0 bridgehead atoms. The molecule has 4 rings (SSSR count). The number of aromatic nitrogens is 1. The Morgan fingerprint density at radius 3 is 2.75 bits per heavy atom. The molecule has 1 atom stereocenters. The topological polar surface area (TPSA) is 40.5 Å². The maximum Gasteiger partial charge on any atom is 0.128 e. The van der Waals surface area contributed by atoms with Crippen LogP contribution < -0.4 is 0 Å². The highest BCUT2D eigenvalue weighted by atomic mass is 35.5. The van der Waals surface area contributed by atoms with Crippen molar-refractivity contribution in [1.82, 2.24) is 4.98 Å². The first-order valence-corrected chi connectivity index (χ1v) is 9.96. The molecule has 2 heterocycles. The predicted octanol–water partition coefficient (Wildman–Crippen LogP) is 5.29. The van der Waals surface area contributed by atoms with Gasteiger partial charge in [0.15, 0.2) is 0 Å². The third-order valence-electron chi connectivity index (χ3n) is 4.26. The minimum atomic E-state index is -0.533. The van der Waals surface area contributed by atoms with Crippen molar-refractivity contribution in [2.75, 3.05) is 0 Å². The van der Waals surface area contributed by atoms with Crippen LogP contribution in [-0.2, 0) is 12.2 Å². The molecular formula is C19H18ClN3S. The smallest absolute Gasteiger partial charge is 0.128 e. The maximum absolute atomic E-state index is 6.19. The van der Waals surface area contributed by atoms with Gasteiger partial charge in [-0.05, 0) is 35.7 Å². The molecule has 24 heavy (non-hydrogen) atoms. The zero-order valence-electron chi connectivity index (χ0n) is 13.3. The van der Waals surface area contributed by atoms with Crippen molar-refractivity contribution >= 4 is 44.0 Å². The van der Waals surface area contributed by atoms with E-state index in [9.17, 15) is 0 Å². The van der Waals surface area contributed by atoms with Gasteiger partial charge in [0.25, 0.3) is 0 Å². The summed E-state index contributed by atoms with van der Waals surface area (Å²) >= 11 is 6.19. The number of thiol groups is 1. The van der Waals surface area contributed by atoms with Gasteiger partial charge in [-0.2, -0.15) is 16.0 Å². The SMILES string of the molecule is CCc1c(C2=NN=C[SH]2Cc2ccccc2)[nH]c2ccc(Cl)cc12. The number of aromatic amines is 1.